The number of carbonyl (C=O) groups excluding carboxylic acids is 2. The van der Waals surface area contributed by atoms with Gasteiger partial charge in [-0.25, -0.2) is 4.79 Å². The number of methoxy groups -OCH3 is 1. The molecule has 0 fully saturated rings. The first-order valence-electron chi connectivity index (χ1n) is 6.67. The Morgan fingerprint density at radius 2 is 1.78 bits per heavy atom. The standard InChI is InChI=1S/C17H14BrNO4/c1-22-17(21)16(19-11-20)15(18)12-6-5-9-14(10-12)23-13-7-3-2-4-8-13/h2-11H,1H3,(H,19,20)/b16-15-. The number of hydrogen-bond donors (Lipinski definition) is 1. The number of halogens is 1. The predicted molar refractivity (Wildman–Crippen MR) is 90.0 cm³/mol. The molecular formula is C17H14BrNO4. The van der Waals surface area contributed by atoms with Gasteiger partial charge in [0.05, 0.1) is 11.6 Å². The van der Waals surface area contributed by atoms with Crippen LogP contribution in [0, 0.1) is 0 Å². The van der Waals surface area contributed by atoms with Crippen molar-refractivity contribution in [1.29, 1.82) is 0 Å². The second-order valence-electron chi connectivity index (χ2n) is 4.39. The van der Waals surface area contributed by atoms with Gasteiger partial charge in [-0.1, -0.05) is 30.3 Å². The molecule has 2 aromatic rings. The minimum absolute atomic E-state index is 0.0133. The van der Waals surface area contributed by atoms with Crippen molar-refractivity contribution in [3.05, 3.63) is 65.9 Å². The fourth-order valence-corrected chi connectivity index (χ4v) is 2.36. The van der Waals surface area contributed by atoms with E-state index >= 15 is 0 Å². The van der Waals surface area contributed by atoms with Crippen LogP contribution in [0.5, 0.6) is 11.5 Å². The zero-order valence-corrected chi connectivity index (χ0v) is 13.9. The molecule has 0 aromatic heterocycles. The summed E-state index contributed by atoms with van der Waals surface area (Å²) < 4.78 is 10.8. The minimum atomic E-state index is -0.654. The van der Waals surface area contributed by atoms with Crippen molar-refractivity contribution in [1.82, 2.24) is 5.32 Å². The number of nitrogens with one attached hydrogen (secondary N) is 1. The summed E-state index contributed by atoms with van der Waals surface area (Å²) in [6, 6.07) is 16.4. The number of esters is 1. The Labute approximate surface area is 142 Å². The molecular weight excluding hydrogens is 362 g/mol. The van der Waals surface area contributed by atoms with Gasteiger partial charge in [0.1, 0.15) is 17.2 Å². The molecule has 1 amide bonds. The van der Waals surface area contributed by atoms with E-state index in [0.717, 1.165) is 0 Å². The first kappa shape index (κ1) is 16.8. The van der Waals surface area contributed by atoms with E-state index in [0.29, 0.717) is 28.0 Å². The lowest BCUT2D eigenvalue weighted by Crippen LogP contribution is -2.21. The van der Waals surface area contributed by atoms with Gasteiger partial charge >= 0.3 is 5.97 Å². The van der Waals surface area contributed by atoms with Crippen molar-refractivity contribution >= 4 is 32.8 Å². The maximum Gasteiger partial charge on any atom is 0.355 e. The highest BCUT2D eigenvalue weighted by atomic mass is 79.9. The fourth-order valence-electron chi connectivity index (χ4n) is 1.84. The molecule has 118 valence electrons. The van der Waals surface area contributed by atoms with E-state index in [-0.39, 0.29) is 5.70 Å². The van der Waals surface area contributed by atoms with E-state index in [1.54, 1.807) is 24.3 Å². The highest BCUT2D eigenvalue weighted by Gasteiger charge is 2.16. The zero-order valence-electron chi connectivity index (χ0n) is 12.3. The van der Waals surface area contributed by atoms with Gasteiger partial charge in [0.2, 0.25) is 6.41 Å². The maximum absolute atomic E-state index is 11.7. The minimum Gasteiger partial charge on any atom is -0.464 e. The van der Waals surface area contributed by atoms with Crippen LogP contribution < -0.4 is 10.1 Å². The molecule has 0 aliphatic rings. The molecule has 0 saturated heterocycles. The molecule has 0 saturated carbocycles. The Bertz CT molecular complexity index is 728. The predicted octanol–water partition coefficient (Wildman–Crippen LogP) is 3.46. The number of carbonyl (C=O) groups is 2. The summed E-state index contributed by atoms with van der Waals surface area (Å²) in [5.74, 6) is 0.642. The quantitative estimate of drug-likeness (QED) is 0.477. The highest BCUT2D eigenvalue weighted by Crippen LogP contribution is 2.29. The van der Waals surface area contributed by atoms with E-state index in [4.69, 9.17) is 4.74 Å². The Hall–Kier alpha value is -2.60. The molecule has 0 radical (unpaired) electrons. The monoisotopic (exact) mass is 375 g/mol. The van der Waals surface area contributed by atoms with E-state index in [2.05, 4.69) is 26.0 Å². The molecule has 0 bridgehead atoms. The van der Waals surface area contributed by atoms with E-state index in [9.17, 15) is 9.59 Å². The number of amides is 1. The van der Waals surface area contributed by atoms with Crippen LogP contribution in [-0.2, 0) is 14.3 Å². The van der Waals surface area contributed by atoms with Gasteiger partial charge in [0.25, 0.3) is 0 Å². The summed E-state index contributed by atoms with van der Waals surface area (Å²) in [7, 11) is 1.24. The Morgan fingerprint density at radius 1 is 1.09 bits per heavy atom. The first-order chi connectivity index (χ1) is 11.2. The van der Waals surface area contributed by atoms with Gasteiger partial charge in [0, 0.05) is 0 Å². The molecule has 1 N–H and O–H groups in total. The van der Waals surface area contributed by atoms with Crippen molar-refractivity contribution in [3.63, 3.8) is 0 Å². The summed E-state index contributed by atoms with van der Waals surface area (Å²) in [6.07, 6.45) is 0.415. The summed E-state index contributed by atoms with van der Waals surface area (Å²) >= 11 is 3.32. The third-order valence-electron chi connectivity index (χ3n) is 2.88. The van der Waals surface area contributed by atoms with Crippen LogP contribution in [0.15, 0.2) is 60.3 Å². The van der Waals surface area contributed by atoms with Crippen molar-refractivity contribution in [2.75, 3.05) is 7.11 Å². The van der Waals surface area contributed by atoms with Crippen LogP contribution >= 0.6 is 15.9 Å². The van der Waals surface area contributed by atoms with Gasteiger partial charge in [0.15, 0.2) is 0 Å². The number of rotatable bonds is 6. The van der Waals surface area contributed by atoms with Crippen molar-refractivity contribution in [2.24, 2.45) is 0 Å². The van der Waals surface area contributed by atoms with Crippen LogP contribution in [0.25, 0.3) is 4.48 Å². The van der Waals surface area contributed by atoms with Crippen LogP contribution in [0.3, 0.4) is 0 Å². The Balaban J connectivity index is 2.34. The third kappa shape index (κ3) is 4.43. The molecule has 6 heteroatoms. The molecule has 0 heterocycles. The summed E-state index contributed by atoms with van der Waals surface area (Å²) in [5, 5.41) is 2.34. The van der Waals surface area contributed by atoms with Crippen LogP contribution in [-0.4, -0.2) is 19.5 Å². The molecule has 0 aliphatic heterocycles. The summed E-state index contributed by atoms with van der Waals surface area (Å²) in [4.78, 5) is 22.4. The number of ether oxygens (including phenoxy) is 2. The Morgan fingerprint density at radius 3 is 2.43 bits per heavy atom. The largest absolute Gasteiger partial charge is 0.464 e. The smallest absolute Gasteiger partial charge is 0.355 e. The maximum atomic E-state index is 11.7. The lowest BCUT2D eigenvalue weighted by molar-refractivity contribution is -0.137. The number of hydrogen-bond acceptors (Lipinski definition) is 4. The SMILES string of the molecule is COC(=O)/C(NC=O)=C(/Br)c1cccc(Oc2ccccc2)c1. The number of para-hydroxylation sites is 1. The van der Waals surface area contributed by atoms with Crippen molar-refractivity contribution in [2.45, 2.75) is 0 Å². The summed E-state index contributed by atoms with van der Waals surface area (Å²) in [6.45, 7) is 0. The Kier molecular flexibility index (Phi) is 5.94. The lowest BCUT2D eigenvalue weighted by Gasteiger charge is -2.10. The van der Waals surface area contributed by atoms with Gasteiger partial charge in [-0.15, -0.1) is 0 Å². The zero-order chi connectivity index (χ0) is 16.7. The van der Waals surface area contributed by atoms with Crippen LogP contribution in [0.1, 0.15) is 5.56 Å². The normalized spacial score (nSPS) is 11.2. The second-order valence-corrected chi connectivity index (χ2v) is 5.18. The van der Waals surface area contributed by atoms with Crippen molar-refractivity contribution < 1.29 is 19.1 Å². The average Bonchev–Trinajstić information content (AvgIpc) is 2.59. The molecule has 23 heavy (non-hydrogen) atoms. The highest BCUT2D eigenvalue weighted by molar-refractivity contribution is 9.15. The van der Waals surface area contributed by atoms with Gasteiger partial charge in [-0.2, -0.15) is 0 Å². The average molecular weight is 376 g/mol. The second kappa shape index (κ2) is 8.14. The summed E-state index contributed by atoms with van der Waals surface area (Å²) in [5.41, 5.74) is 0.674. The van der Waals surface area contributed by atoms with Crippen LogP contribution in [0.2, 0.25) is 0 Å². The molecule has 0 unspecified atom stereocenters. The van der Waals surface area contributed by atoms with E-state index < -0.39 is 5.97 Å². The third-order valence-corrected chi connectivity index (χ3v) is 3.73. The first-order valence-corrected chi connectivity index (χ1v) is 7.46. The van der Waals surface area contributed by atoms with Gasteiger partial charge in [-0.05, 0) is 45.8 Å². The molecule has 2 rings (SSSR count). The molecule has 0 atom stereocenters. The lowest BCUT2D eigenvalue weighted by atomic mass is 10.2. The van der Waals surface area contributed by atoms with E-state index in [1.165, 1.54) is 7.11 Å². The topological polar surface area (TPSA) is 64.6 Å². The molecule has 0 spiro atoms. The molecule has 2 aromatic carbocycles. The molecule has 0 aliphatic carbocycles. The van der Waals surface area contributed by atoms with Gasteiger partial charge < -0.3 is 14.8 Å². The van der Waals surface area contributed by atoms with Crippen molar-refractivity contribution in [3.8, 4) is 11.5 Å². The van der Waals surface area contributed by atoms with E-state index in [1.807, 2.05) is 30.3 Å². The van der Waals surface area contributed by atoms with Crippen LogP contribution in [0.4, 0.5) is 0 Å². The van der Waals surface area contributed by atoms with Gasteiger partial charge in [-0.3, -0.25) is 4.79 Å². The number of benzene rings is 2. The fraction of sp³-hybridized carbons (Fsp3) is 0.0588. The molecule has 5 nitrogen and oxygen atoms in total.